The third-order valence-electron chi connectivity index (χ3n) is 4.17. The van der Waals surface area contributed by atoms with Crippen LogP contribution in [-0.4, -0.2) is 11.9 Å². The van der Waals surface area contributed by atoms with Gasteiger partial charge >= 0.3 is 12.2 Å². The summed E-state index contributed by atoms with van der Waals surface area (Å²) in [6, 6.07) is 16.0. The van der Waals surface area contributed by atoms with Gasteiger partial charge in [-0.25, -0.2) is 4.79 Å². The number of hydrogen-bond donors (Lipinski definition) is 3. The summed E-state index contributed by atoms with van der Waals surface area (Å²) in [5.74, 6) is -0.768. The topological polar surface area (TPSA) is 84.2 Å². The van der Waals surface area contributed by atoms with Crippen molar-refractivity contribution in [1.29, 1.82) is 0 Å². The van der Waals surface area contributed by atoms with E-state index >= 15 is 0 Å². The zero-order chi connectivity index (χ0) is 21.9. The minimum atomic E-state index is -4.67. The Hall–Kier alpha value is -3.52. The lowest BCUT2D eigenvalue weighted by Crippen LogP contribution is -2.23. The maximum absolute atomic E-state index is 13.0. The Morgan fingerprint density at radius 3 is 2.20 bits per heavy atom. The van der Waals surface area contributed by atoms with Crippen LogP contribution < -0.4 is 16.4 Å². The number of carbonyl (C=O) groups excluding carboxylic acids is 2. The van der Waals surface area contributed by atoms with E-state index in [2.05, 4.69) is 10.6 Å². The monoisotopic (exact) mass is 433 g/mol. The summed E-state index contributed by atoms with van der Waals surface area (Å²) < 4.78 is 39.0. The van der Waals surface area contributed by atoms with Crippen LogP contribution in [0.2, 0.25) is 5.02 Å². The van der Waals surface area contributed by atoms with Gasteiger partial charge in [0, 0.05) is 5.69 Å². The standard InChI is InChI=1S/C21H15ClF3N3O2/c22-17-9-7-14(11-16(17)21(23,24)25)27-20(30)28-18-10-13(6-8-15(18)19(26)29)12-4-2-1-3-5-12/h1-11H,(H2,26,29)(H2,27,28,30). The number of nitrogens with one attached hydrogen (secondary N) is 2. The maximum atomic E-state index is 13.0. The molecule has 0 unspecified atom stereocenters. The Labute approximate surface area is 174 Å². The molecule has 5 nitrogen and oxygen atoms in total. The van der Waals surface area contributed by atoms with Gasteiger partial charge in [-0.1, -0.05) is 48.0 Å². The summed E-state index contributed by atoms with van der Waals surface area (Å²) in [5.41, 5.74) is 5.88. The predicted molar refractivity (Wildman–Crippen MR) is 109 cm³/mol. The minimum Gasteiger partial charge on any atom is -0.366 e. The molecule has 0 aliphatic heterocycles. The fourth-order valence-electron chi connectivity index (χ4n) is 2.78. The maximum Gasteiger partial charge on any atom is 0.417 e. The number of benzene rings is 3. The normalized spacial score (nSPS) is 11.1. The summed E-state index contributed by atoms with van der Waals surface area (Å²) >= 11 is 5.58. The smallest absolute Gasteiger partial charge is 0.366 e. The Kier molecular flexibility index (Phi) is 5.98. The van der Waals surface area contributed by atoms with Gasteiger partial charge < -0.3 is 16.4 Å². The van der Waals surface area contributed by atoms with Crippen LogP contribution in [0.15, 0.2) is 66.7 Å². The van der Waals surface area contributed by atoms with Crippen molar-refractivity contribution in [2.24, 2.45) is 5.73 Å². The molecule has 9 heteroatoms. The van der Waals surface area contributed by atoms with Crippen LogP contribution in [-0.2, 0) is 6.18 Å². The van der Waals surface area contributed by atoms with Crippen LogP contribution in [0.4, 0.5) is 29.3 Å². The van der Waals surface area contributed by atoms with Gasteiger partial charge in [0.2, 0.25) is 0 Å². The second-order valence-electron chi connectivity index (χ2n) is 6.26. The molecule has 3 rings (SSSR count). The van der Waals surface area contributed by atoms with Crippen LogP contribution in [0.25, 0.3) is 11.1 Å². The molecule has 0 aliphatic carbocycles. The number of alkyl halides is 3. The fraction of sp³-hybridized carbons (Fsp3) is 0.0476. The number of nitrogens with two attached hydrogens (primary N) is 1. The second-order valence-corrected chi connectivity index (χ2v) is 6.67. The Balaban J connectivity index is 1.86. The van der Waals surface area contributed by atoms with Crippen molar-refractivity contribution in [1.82, 2.24) is 0 Å². The Bertz CT molecular complexity index is 1100. The molecule has 0 spiro atoms. The highest BCUT2D eigenvalue weighted by molar-refractivity contribution is 6.31. The van der Waals surface area contributed by atoms with Crippen LogP contribution in [0, 0.1) is 0 Å². The van der Waals surface area contributed by atoms with E-state index in [4.69, 9.17) is 17.3 Å². The number of carbonyl (C=O) groups is 2. The first-order chi connectivity index (χ1) is 14.1. The highest BCUT2D eigenvalue weighted by atomic mass is 35.5. The highest BCUT2D eigenvalue weighted by Crippen LogP contribution is 2.36. The van der Waals surface area contributed by atoms with E-state index in [1.54, 1.807) is 12.1 Å². The molecule has 0 saturated heterocycles. The lowest BCUT2D eigenvalue weighted by atomic mass is 10.0. The zero-order valence-corrected chi connectivity index (χ0v) is 16.0. The van der Waals surface area contributed by atoms with E-state index in [9.17, 15) is 22.8 Å². The number of urea groups is 1. The molecule has 4 N–H and O–H groups in total. The van der Waals surface area contributed by atoms with Gasteiger partial charge in [-0.15, -0.1) is 0 Å². The van der Waals surface area contributed by atoms with E-state index in [1.807, 2.05) is 30.3 Å². The molecule has 0 radical (unpaired) electrons. The van der Waals surface area contributed by atoms with Gasteiger partial charge in [-0.05, 0) is 41.5 Å². The number of amides is 3. The average molecular weight is 434 g/mol. The van der Waals surface area contributed by atoms with E-state index in [0.29, 0.717) is 5.56 Å². The first-order valence-electron chi connectivity index (χ1n) is 8.59. The molecular weight excluding hydrogens is 419 g/mol. The summed E-state index contributed by atoms with van der Waals surface area (Å²) in [6.07, 6.45) is -4.67. The molecule has 0 bridgehead atoms. The average Bonchev–Trinajstić information content (AvgIpc) is 2.69. The van der Waals surface area contributed by atoms with Crippen molar-refractivity contribution in [2.75, 3.05) is 10.6 Å². The summed E-state index contributed by atoms with van der Waals surface area (Å²) in [6.45, 7) is 0. The van der Waals surface area contributed by atoms with E-state index in [-0.39, 0.29) is 16.9 Å². The molecule has 3 amide bonds. The molecule has 0 aromatic heterocycles. The fourth-order valence-corrected chi connectivity index (χ4v) is 3.00. The molecular formula is C21H15ClF3N3O2. The molecule has 30 heavy (non-hydrogen) atoms. The first kappa shape index (κ1) is 21.2. The largest absolute Gasteiger partial charge is 0.417 e. The van der Waals surface area contributed by atoms with Gasteiger partial charge in [0.15, 0.2) is 0 Å². The van der Waals surface area contributed by atoms with Gasteiger partial charge in [0.05, 0.1) is 21.8 Å². The minimum absolute atomic E-state index is 0.0527. The van der Waals surface area contributed by atoms with Crippen molar-refractivity contribution in [3.63, 3.8) is 0 Å². The van der Waals surface area contributed by atoms with Crippen molar-refractivity contribution in [2.45, 2.75) is 6.18 Å². The SMILES string of the molecule is NC(=O)c1ccc(-c2ccccc2)cc1NC(=O)Nc1ccc(Cl)c(C(F)(F)F)c1. The summed E-state index contributed by atoms with van der Waals surface area (Å²) in [7, 11) is 0. The molecule has 3 aromatic carbocycles. The number of primary amides is 1. The lowest BCUT2D eigenvalue weighted by molar-refractivity contribution is -0.137. The van der Waals surface area contributed by atoms with Crippen molar-refractivity contribution in [3.05, 3.63) is 82.9 Å². The number of anilines is 2. The highest BCUT2D eigenvalue weighted by Gasteiger charge is 2.33. The number of rotatable bonds is 4. The quantitative estimate of drug-likeness (QED) is 0.488. The van der Waals surface area contributed by atoms with E-state index in [1.165, 1.54) is 12.1 Å². The van der Waals surface area contributed by atoms with Gasteiger partial charge in [0.25, 0.3) is 5.91 Å². The van der Waals surface area contributed by atoms with Crippen LogP contribution >= 0.6 is 11.6 Å². The van der Waals surface area contributed by atoms with E-state index in [0.717, 1.165) is 17.7 Å². The molecule has 0 heterocycles. The van der Waals surface area contributed by atoms with Gasteiger partial charge in [0.1, 0.15) is 0 Å². The first-order valence-corrected chi connectivity index (χ1v) is 8.97. The summed E-state index contributed by atoms with van der Waals surface area (Å²) in [4.78, 5) is 24.1. The second kappa shape index (κ2) is 8.46. The van der Waals surface area contributed by atoms with Crippen LogP contribution in [0.5, 0.6) is 0 Å². The van der Waals surface area contributed by atoms with Gasteiger partial charge in [-0.3, -0.25) is 4.79 Å². The zero-order valence-electron chi connectivity index (χ0n) is 15.3. The number of hydrogen-bond acceptors (Lipinski definition) is 2. The third-order valence-corrected chi connectivity index (χ3v) is 4.50. The van der Waals surface area contributed by atoms with Crippen molar-refractivity contribution >= 4 is 34.9 Å². The molecule has 0 fully saturated rings. The van der Waals surface area contributed by atoms with Crippen LogP contribution in [0.1, 0.15) is 15.9 Å². The van der Waals surface area contributed by atoms with Gasteiger partial charge in [-0.2, -0.15) is 13.2 Å². The molecule has 0 saturated carbocycles. The van der Waals surface area contributed by atoms with Crippen LogP contribution in [0.3, 0.4) is 0 Å². The van der Waals surface area contributed by atoms with E-state index < -0.39 is 28.7 Å². The van der Waals surface area contributed by atoms with Crippen molar-refractivity contribution < 1.29 is 22.8 Å². The third kappa shape index (κ3) is 4.90. The predicted octanol–water partition coefficient (Wildman–Crippen LogP) is 5.77. The Morgan fingerprint density at radius 2 is 1.57 bits per heavy atom. The van der Waals surface area contributed by atoms with Crippen molar-refractivity contribution in [3.8, 4) is 11.1 Å². The molecule has 3 aromatic rings. The summed E-state index contributed by atoms with van der Waals surface area (Å²) in [5, 5.41) is 4.27. The lowest BCUT2D eigenvalue weighted by Gasteiger charge is -2.14. The number of halogens is 4. The molecule has 154 valence electrons. The Morgan fingerprint density at radius 1 is 0.867 bits per heavy atom. The molecule has 0 atom stereocenters. The molecule has 0 aliphatic rings.